The Morgan fingerprint density at radius 2 is 1.56 bits per heavy atom. The molecule has 0 aliphatic carbocycles. The molecule has 0 aliphatic heterocycles. The molecule has 0 unspecified atom stereocenters. The third kappa shape index (κ3) is 7.51. The first kappa shape index (κ1) is 29.8. The number of anilines is 1. The van der Waals surface area contributed by atoms with Crippen LogP contribution in [-0.2, 0) is 22.9 Å². The Labute approximate surface area is 238 Å². The van der Waals surface area contributed by atoms with Crippen molar-refractivity contribution in [3.63, 3.8) is 0 Å². The molecule has 4 rings (SSSR count). The second kappa shape index (κ2) is 12.1. The monoisotopic (exact) mass is 585 g/mol. The minimum Gasteiger partial charge on any atom is -0.345 e. The molecule has 2 N–H and O–H groups in total. The highest BCUT2D eigenvalue weighted by atomic mass is 32.2. The van der Waals surface area contributed by atoms with E-state index in [0.29, 0.717) is 17.1 Å². The number of hydrogen-bond donors (Lipinski definition) is 2. The molecule has 0 saturated heterocycles. The number of alkyl halides is 3. The van der Waals surface area contributed by atoms with E-state index in [0.717, 1.165) is 23.4 Å². The summed E-state index contributed by atoms with van der Waals surface area (Å²) in [6.07, 6.45) is -4.63. The lowest BCUT2D eigenvalue weighted by Gasteiger charge is -2.19. The van der Waals surface area contributed by atoms with E-state index in [1.807, 2.05) is 12.1 Å². The van der Waals surface area contributed by atoms with E-state index in [-0.39, 0.29) is 34.5 Å². The topological polar surface area (TPSA) is 88.9 Å². The lowest BCUT2D eigenvalue weighted by molar-refractivity contribution is -0.137. The van der Waals surface area contributed by atoms with Crippen molar-refractivity contribution in [2.45, 2.75) is 44.1 Å². The molecule has 0 atom stereocenters. The van der Waals surface area contributed by atoms with E-state index in [2.05, 4.69) is 41.6 Å². The first-order valence-corrected chi connectivity index (χ1v) is 13.5. The van der Waals surface area contributed by atoms with Crippen molar-refractivity contribution in [2.75, 3.05) is 11.1 Å². The maximum absolute atomic E-state index is 13.6. The van der Waals surface area contributed by atoms with Crippen LogP contribution in [0.4, 0.5) is 23.2 Å². The Bertz CT molecular complexity index is 1530. The summed E-state index contributed by atoms with van der Waals surface area (Å²) < 4.78 is 55.0. The number of para-hydroxylation sites is 1. The molecule has 0 spiro atoms. The van der Waals surface area contributed by atoms with E-state index in [9.17, 15) is 27.2 Å². The molecular formula is C29H27F4N5O2S. The van der Waals surface area contributed by atoms with E-state index in [1.165, 1.54) is 42.5 Å². The van der Waals surface area contributed by atoms with Gasteiger partial charge < -0.3 is 10.6 Å². The molecule has 4 aromatic rings. The zero-order chi connectivity index (χ0) is 29.8. The van der Waals surface area contributed by atoms with Crippen LogP contribution in [0, 0.1) is 5.82 Å². The van der Waals surface area contributed by atoms with Crippen molar-refractivity contribution in [2.24, 2.45) is 0 Å². The fraction of sp³-hybridized carbons (Fsp3) is 0.241. The molecule has 41 heavy (non-hydrogen) atoms. The van der Waals surface area contributed by atoms with Gasteiger partial charge >= 0.3 is 6.18 Å². The predicted molar refractivity (Wildman–Crippen MR) is 148 cm³/mol. The lowest BCUT2D eigenvalue weighted by Crippen LogP contribution is -2.25. The minimum absolute atomic E-state index is 0.0318. The van der Waals surface area contributed by atoms with E-state index >= 15 is 0 Å². The number of benzene rings is 3. The van der Waals surface area contributed by atoms with Gasteiger partial charge in [-0.2, -0.15) is 13.2 Å². The van der Waals surface area contributed by atoms with E-state index in [1.54, 1.807) is 16.7 Å². The van der Waals surface area contributed by atoms with Crippen LogP contribution in [0.2, 0.25) is 0 Å². The van der Waals surface area contributed by atoms with Gasteiger partial charge in [-0.1, -0.05) is 56.8 Å². The zero-order valence-electron chi connectivity index (χ0n) is 22.4. The molecule has 0 saturated carbocycles. The summed E-state index contributed by atoms with van der Waals surface area (Å²) in [7, 11) is 0. The highest BCUT2D eigenvalue weighted by Gasteiger charge is 2.33. The van der Waals surface area contributed by atoms with Crippen molar-refractivity contribution in [1.82, 2.24) is 20.1 Å². The van der Waals surface area contributed by atoms with Gasteiger partial charge in [-0.3, -0.25) is 14.2 Å². The molecule has 0 radical (unpaired) electrons. The SMILES string of the molecule is CC(C)(C)c1ccc(C(=O)NCc2nnc(SCC(=O)Nc3ccccc3C(F)(F)F)n2-c2ccc(F)cc2)cc1. The third-order valence-electron chi connectivity index (χ3n) is 6.04. The van der Waals surface area contributed by atoms with Crippen molar-refractivity contribution < 1.29 is 27.2 Å². The molecule has 2 amide bonds. The molecule has 0 bridgehead atoms. The highest BCUT2D eigenvalue weighted by Crippen LogP contribution is 2.34. The average molecular weight is 586 g/mol. The van der Waals surface area contributed by atoms with Crippen LogP contribution in [0.25, 0.3) is 5.69 Å². The summed E-state index contributed by atoms with van der Waals surface area (Å²) in [5.74, 6) is -1.46. The molecule has 7 nitrogen and oxygen atoms in total. The molecule has 0 fully saturated rings. The van der Waals surface area contributed by atoms with Crippen molar-refractivity contribution in [3.8, 4) is 5.69 Å². The van der Waals surface area contributed by atoms with Gasteiger partial charge in [0.25, 0.3) is 5.91 Å². The average Bonchev–Trinajstić information content (AvgIpc) is 3.33. The van der Waals surface area contributed by atoms with Crippen LogP contribution >= 0.6 is 11.8 Å². The van der Waals surface area contributed by atoms with Crippen molar-refractivity contribution in [1.29, 1.82) is 0 Å². The zero-order valence-corrected chi connectivity index (χ0v) is 23.2. The van der Waals surface area contributed by atoms with Gasteiger partial charge in [-0.05, 0) is 59.5 Å². The van der Waals surface area contributed by atoms with Gasteiger partial charge in [0.2, 0.25) is 5.91 Å². The highest BCUT2D eigenvalue weighted by molar-refractivity contribution is 7.99. The van der Waals surface area contributed by atoms with Crippen molar-refractivity contribution >= 4 is 29.3 Å². The summed E-state index contributed by atoms with van der Waals surface area (Å²) in [5, 5.41) is 13.6. The van der Waals surface area contributed by atoms with E-state index < -0.39 is 23.5 Å². The molecule has 12 heteroatoms. The minimum atomic E-state index is -4.63. The number of carbonyl (C=O) groups is 2. The first-order chi connectivity index (χ1) is 19.3. The van der Waals surface area contributed by atoms with Crippen molar-refractivity contribution in [3.05, 3.63) is 101 Å². The fourth-order valence-electron chi connectivity index (χ4n) is 3.90. The number of halogens is 4. The molecule has 3 aromatic carbocycles. The smallest absolute Gasteiger partial charge is 0.345 e. The Morgan fingerprint density at radius 1 is 0.902 bits per heavy atom. The number of hydrogen-bond acceptors (Lipinski definition) is 5. The number of rotatable bonds is 8. The van der Waals surface area contributed by atoms with Gasteiger partial charge in [0.15, 0.2) is 11.0 Å². The Hall–Kier alpha value is -4.19. The van der Waals surface area contributed by atoms with Gasteiger partial charge in [-0.25, -0.2) is 4.39 Å². The summed E-state index contributed by atoms with van der Waals surface area (Å²) in [6.45, 7) is 6.19. The van der Waals surface area contributed by atoms with Crippen LogP contribution in [0.3, 0.4) is 0 Å². The number of amides is 2. The third-order valence-corrected chi connectivity index (χ3v) is 6.97. The normalized spacial score (nSPS) is 11.8. The quantitative estimate of drug-likeness (QED) is 0.185. The summed E-state index contributed by atoms with van der Waals surface area (Å²) in [4.78, 5) is 25.4. The summed E-state index contributed by atoms with van der Waals surface area (Å²) in [6, 6.07) is 17.4. The van der Waals surface area contributed by atoms with Gasteiger partial charge in [0.1, 0.15) is 5.82 Å². The molecular weight excluding hydrogens is 558 g/mol. The summed E-state index contributed by atoms with van der Waals surface area (Å²) >= 11 is 0.932. The number of nitrogens with one attached hydrogen (secondary N) is 2. The Morgan fingerprint density at radius 3 is 2.20 bits per heavy atom. The largest absolute Gasteiger partial charge is 0.418 e. The first-order valence-electron chi connectivity index (χ1n) is 12.5. The fourth-order valence-corrected chi connectivity index (χ4v) is 4.67. The van der Waals surface area contributed by atoms with Crippen LogP contribution in [0.1, 0.15) is 48.1 Å². The van der Waals surface area contributed by atoms with Gasteiger partial charge in [0, 0.05) is 11.3 Å². The maximum atomic E-state index is 13.6. The van der Waals surface area contributed by atoms with Crippen LogP contribution in [0.15, 0.2) is 78.0 Å². The maximum Gasteiger partial charge on any atom is 0.418 e. The number of aromatic nitrogens is 3. The molecule has 214 valence electrons. The number of thioether (sulfide) groups is 1. The second-order valence-corrected chi connectivity index (χ2v) is 11.0. The second-order valence-electron chi connectivity index (χ2n) is 10.1. The number of carbonyl (C=O) groups excluding carboxylic acids is 2. The molecule has 1 aromatic heterocycles. The molecule has 0 aliphatic rings. The molecule has 1 heterocycles. The number of nitrogens with zero attached hydrogens (tertiary/aromatic N) is 3. The van der Waals surface area contributed by atoms with Gasteiger partial charge in [0.05, 0.1) is 23.5 Å². The Kier molecular flexibility index (Phi) is 8.81. The standard InChI is InChI=1S/C29H27F4N5O2S/c1-28(2,3)19-10-8-18(9-11-19)26(40)34-16-24-36-37-27(38(24)21-14-12-20(30)13-15-21)41-17-25(39)35-23-7-5-4-6-22(23)29(31,32)33/h4-15H,16-17H2,1-3H3,(H,34,40)(H,35,39). The van der Waals surface area contributed by atoms with Gasteiger partial charge in [-0.15, -0.1) is 10.2 Å². The van der Waals surface area contributed by atoms with Crippen LogP contribution < -0.4 is 10.6 Å². The van der Waals surface area contributed by atoms with Crippen LogP contribution in [0.5, 0.6) is 0 Å². The Balaban J connectivity index is 1.50. The summed E-state index contributed by atoms with van der Waals surface area (Å²) in [5.41, 5.74) is 0.630. The van der Waals surface area contributed by atoms with Crippen LogP contribution in [-0.4, -0.2) is 32.3 Å². The lowest BCUT2D eigenvalue weighted by atomic mass is 9.87. The predicted octanol–water partition coefficient (Wildman–Crippen LogP) is 6.38. The van der Waals surface area contributed by atoms with E-state index in [4.69, 9.17) is 0 Å².